The number of carbonyl (C=O) groups is 1. The summed E-state index contributed by atoms with van der Waals surface area (Å²) in [5, 5.41) is 16.4. The molecular formula is C15H18N4O3. The standard InChI is InChI=1S/C15H18N4O3/c20-15(21)11-8-16-5-6-19(9-11)10-12-7-14(18-22-12)13-3-1-2-4-17-13/h1-4,7,11,16H,5-6,8-10H2,(H,20,21)/t11-/m1/s1. The van der Waals surface area contributed by atoms with E-state index >= 15 is 0 Å². The third kappa shape index (κ3) is 3.49. The Morgan fingerprint density at radius 2 is 2.36 bits per heavy atom. The highest BCUT2D eigenvalue weighted by Gasteiger charge is 2.24. The quantitative estimate of drug-likeness (QED) is 0.864. The molecule has 0 bridgehead atoms. The number of carboxylic acids is 1. The number of rotatable bonds is 4. The van der Waals surface area contributed by atoms with E-state index in [1.54, 1.807) is 6.20 Å². The topological polar surface area (TPSA) is 91.5 Å². The molecule has 1 saturated heterocycles. The van der Waals surface area contributed by atoms with Crippen molar-refractivity contribution in [3.05, 3.63) is 36.2 Å². The van der Waals surface area contributed by atoms with Gasteiger partial charge < -0.3 is 14.9 Å². The lowest BCUT2D eigenvalue weighted by Gasteiger charge is -2.20. The average Bonchev–Trinajstić information content (AvgIpc) is 2.86. The highest BCUT2D eigenvalue weighted by atomic mass is 16.5. The van der Waals surface area contributed by atoms with Gasteiger partial charge in [-0.2, -0.15) is 0 Å². The molecule has 22 heavy (non-hydrogen) atoms. The summed E-state index contributed by atoms with van der Waals surface area (Å²) in [6.07, 6.45) is 1.71. The molecule has 116 valence electrons. The number of nitrogens with zero attached hydrogens (tertiary/aromatic N) is 3. The molecule has 7 nitrogen and oxygen atoms in total. The van der Waals surface area contributed by atoms with Crippen LogP contribution in [0, 0.1) is 5.92 Å². The zero-order chi connectivity index (χ0) is 15.4. The molecule has 0 aromatic carbocycles. The smallest absolute Gasteiger partial charge is 0.309 e. The van der Waals surface area contributed by atoms with Gasteiger partial charge in [-0.15, -0.1) is 0 Å². The van der Waals surface area contributed by atoms with Gasteiger partial charge in [-0.05, 0) is 12.1 Å². The van der Waals surface area contributed by atoms with E-state index in [1.165, 1.54) is 0 Å². The van der Waals surface area contributed by atoms with Crippen LogP contribution in [0.1, 0.15) is 5.76 Å². The second-order valence-electron chi connectivity index (χ2n) is 5.37. The number of aromatic nitrogens is 2. The second kappa shape index (κ2) is 6.67. The van der Waals surface area contributed by atoms with Crippen molar-refractivity contribution in [1.29, 1.82) is 0 Å². The van der Waals surface area contributed by atoms with Gasteiger partial charge >= 0.3 is 5.97 Å². The number of carboxylic acid groups (broad SMARTS) is 1. The van der Waals surface area contributed by atoms with Crippen molar-refractivity contribution in [3.8, 4) is 11.4 Å². The van der Waals surface area contributed by atoms with Crippen LogP contribution in [0.15, 0.2) is 35.0 Å². The molecule has 1 aliphatic heterocycles. The summed E-state index contributed by atoms with van der Waals surface area (Å²) in [7, 11) is 0. The van der Waals surface area contributed by atoms with Crippen LogP contribution in [0.3, 0.4) is 0 Å². The number of pyridine rings is 1. The van der Waals surface area contributed by atoms with Gasteiger partial charge in [0.15, 0.2) is 5.76 Å². The molecule has 0 amide bonds. The predicted molar refractivity (Wildman–Crippen MR) is 79.0 cm³/mol. The van der Waals surface area contributed by atoms with Crippen molar-refractivity contribution < 1.29 is 14.4 Å². The lowest BCUT2D eigenvalue weighted by molar-refractivity contribution is -0.142. The van der Waals surface area contributed by atoms with Crippen molar-refractivity contribution in [2.45, 2.75) is 6.54 Å². The van der Waals surface area contributed by atoms with Crippen molar-refractivity contribution in [1.82, 2.24) is 20.4 Å². The predicted octanol–water partition coefficient (Wildman–Crippen LogP) is 0.843. The van der Waals surface area contributed by atoms with E-state index in [-0.39, 0.29) is 0 Å². The van der Waals surface area contributed by atoms with E-state index in [4.69, 9.17) is 4.52 Å². The van der Waals surface area contributed by atoms with Crippen LogP contribution in [0.2, 0.25) is 0 Å². The van der Waals surface area contributed by atoms with Crippen LogP contribution in [0.4, 0.5) is 0 Å². The number of hydrogen-bond acceptors (Lipinski definition) is 6. The third-order valence-corrected chi connectivity index (χ3v) is 3.69. The molecule has 1 atom stereocenters. The van der Waals surface area contributed by atoms with E-state index < -0.39 is 11.9 Å². The van der Waals surface area contributed by atoms with Crippen LogP contribution in [-0.2, 0) is 11.3 Å². The zero-order valence-corrected chi connectivity index (χ0v) is 12.1. The van der Waals surface area contributed by atoms with Crippen LogP contribution >= 0.6 is 0 Å². The summed E-state index contributed by atoms with van der Waals surface area (Å²) >= 11 is 0. The highest BCUT2D eigenvalue weighted by Crippen LogP contribution is 2.18. The first-order valence-electron chi connectivity index (χ1n) is 7.25. The maximum atomic E-state index is 11.2. The van der Waals surface area contributed by atoms with Gasteiger partial charge in [0.1, 0.15) is 5.69 Å². The second-order valence-corrected chi connectivity index (χ2v) is 5.37. The summed E-state index contributed by atoms with van der Waals surface area (Å²) in [6, 6.07) is 7.48. The summed E-state index contributed by atoms with van der Waals surface area (Å²) < 4.78 is 5.36. The van der Waals surface area contributed by atoms with Crippen molar-refractivity contribution >= 4 is 5.97 Å². The first-order chi connectivity index (χ1) is 10.7. The van der Waals surface area contributed by atoms with Crippen LogP contribution in [0.5, 0.6) is 0 Å². The molecule has 7 heteroatoms. The summed E-state index contributed by atoms with van der Waals surface area (Å²) in [5.74, 6) is -0.460. The van der Waals surface area contributed by atoms with Crippen molar-refractivity contribution in [2.75, 3.05) is 26.2 Å². The number of nitrogens with one attached hydrogen (secondary N) is 1. The monoisotopic (exact) mass is 302 g/mol. The Hall–Kier alpha value is -2.25. The summed E-state index contributed by atoms with van der Waals surface area (Å²) in [4.78, 5) is 17.5. The normalized spacial score (nSPS) is 19.7. The van der Waals surface area contributed by atoms with Gasteiger partial charge in [-0.3, -0.25) is 14.7 Å². The maximum absolute atomic E-state index is 11.2. The average molecular weight is 302 g/mol. The maximum Gasteiger partial charge on any atom is 0.309 e. The lowest BCUT2D eigenvalue weighted by atomic mass is 10.1. The molecule has 0 radical (unpaired) electrons. The molecule has 0 unspecified atom stereocenters. The summed E-state index contributed by atoms with van der Waals surface area (Å²) in [5.41, 5.74) is 1.46. The Bertz CT molecular complexity index is 629. The van der Waals surface area contributed by atoms with Gasteiger partial charge in [-0.25, -0.2) is 0 Å². The van der Waals surface area contributed by atoms with Gasteiger partial charge in [0.2, 0.25) is 0 Å². The van der Waals surface area contributed by atoms with Crippen LogP contribution < -0.4 is 5.32 Å². The molecule has 0 aliphatic carbocycles. The largest absolute Gasteiger partial charge is 0.481 e. The van der Waals surface area contributed by atoms with Crippen molar-refractivity contribution in [3.63, 3.8) is 0 Å². The van der Waals surface area contributed by atoms with E-state index in [0.717, 1.165) is 18.8 Å². The molecule has 3 heterocycles. The Balaban J connectivity index is 1.68. The van der Waals surface area contributed by atoms with Gasteiger partial charge in [-0.1, -0.05) is 11.2 Å². The van der Waals surface area contributed by atoms with E-state index in [1.807, 2.05) is 24.3 Å². The molecular weight excluding hydrogens is 284 g/mol. The minimum absolute atomic E-state index is 0.402. The van der Waals surface area contributed by atoms with Gasteiger partial charge in [0.05, 0.1) is 18.2 Å². The van der Waals surface area contributed by atoms with Gasteiger partial charge in [0.25, 0.3) is 0 Å². The van der Waals surface area contributed by atoms with Crippen LogP contribution in [0.25, 0.3) is 11.4 Å². The Kier molecular flexibility index (Phi) is 4.45. The first kappa shape index (κ1) is 14.7. The molecule has 0 spiro atoms. The fraction of sp³-hybridized carbons (Fsp3) is 0.400. The van der Waals surface area contributed by atoms with Crippen molar-refractivity contribution in [2.24, 2.45) is 5.92 Å². The SMILES string of the molecule is O=C(O)[C@@H]1CNCCN(Cc2cc(-c3ccccn3)no2)C1. The molecule has 2 N–H and O–H groups in total. The molecule has 2 aromatic rings. The first-order valence-corrected chi connectivity index (χ1v) is 7.25. The number of aliphatic carboxylic acids is 1. The molecule has 0 saturated carbocycles. The fourth-order valence-corrected chi connectivity index (χ4v) is 2.53. The Morgan fingerprint density at radius 1 is 1.45 bits per heavy atom. The molecule has 1 fully saturated rings. The van der Waals surface area contributed by atoms with E-state index in [0.29, 0.717) is 31.1 Å². The minimum Gasteiger partial charge on any atom is -0.481 e. The molecule has 1 aliphatic rings. The Morgan fingerprint density at radius 3 is 3.14 bits per heavy atom. The van der Waals surface area contributed by atoms with Crippen LogP contribution in [-0.4, -0.2) is 52.3 Å². The van der Waals surface area contributed by atoms with E-state index in [2.05, 4.69) is 20.4 Å². The minimum atomic E-state index is -0.772. The highest BCUT2D eigenvalue weighted by molar-refractivity contribution is 5.70. The molecule has 3 rings (SSSR count). The number of hydrogen-bond donors (Lipinski definition) is 2. The van der Waals surface area contributed by atoms with Gasteiger partial charge in [0, 0.05) is 38.4 Å². The summed E-state index contributed by atoms with van der Waals surface area (Å²) in [6.45, 7) is 3.10. The molecule has 2 aromatic heterocycles. The fourth-order valence-electron chi connectivity index (χ4n) is 2.53. The van der Waals surface area contributed by atoms with E-state index in [9.17, 15) is 9.90 Å². The third-order valence-electron chi connectivity index (χ3n) is 3.69. The lowest BCUT2D eigenvalue weighted by Crippen LogP contribution is -2.33. The zero-order valence-electron chi connectivity index (χ0n) is 12.1. The Labute approximate surface area is 127 Å².